The highest BCUT2D eigenvalue weighted by Crippen LogP contribution is 2.34. The fraction of sp³-hybridized carbons (Fsp3) is 0.478. The van der Waals surface area contributed by atoms with Crippen LogP contribution in [0, 0.1) is 0 Å². The minimum absolute atomic E-state index is 0.0510. The average Bonchev–Trinajstić information content (AvgIpc) is 2.58. The molecule has 0 aliphatic rings. The normalized spacial score (nSPS) is 12.6. The van der Waals surface area contributed by atoms with Gasteiger partial charge in [0.05, 0.1) is 23.4 Å². The van der Waals surface area contributed by atoms with Crippen molar-refractivity contribution in [1.82, 2.24) is 0 Å². The van der Waals surface area contributed by atoms with E-state index in [1.54, 1.807) is 0 Å². The molecular weight excluding hydrogens is 368 g/mol. The van der Waals surface area contributed by atoms with Gasteiger partial charge in [0.2, 0.25) is 0 Å². The number of benzene rings is 2. The summed E-state index contributed by atoms with van der Waals surface area (Å²) in [4.78, 5) is 0. The van der Waals surface area contributed by atoms with Crippen LogP contribution in [0.1, 0.15) is 66.9 Å². The number of azo groups is 1. The summed E-state index contributed by atoms with van der Waals surface area (Å²) in [5.74, 6) is 2.05. The highest BCUT2D eigenvalue weighted by atomic mass is 32.2. The fourth-order valence-electron chi connectivity index (χ4n) is 2.33. The first kappa shape index (κ1) is 22.3. The molecular formula is C23H32N2O2S. The molecule has 2 aromatic carbocycles. The third kappa shape index (κ3) is 7.55. The van der Waals surface area contributed by atoms with E-state index in [2.05, 4.69) is 65.6 Å². The van der Waals surface area contributed by atoms with Crippen LogP contribution in [-0.2, 0) is 0 Å². The first-order valence-electron chi connectivity index (χ1n) is 9.63. The van der Waals surface area contributed by atoms with E-state index in [0.717, 1.165) is 28.4 Å². The van der Waals surface area contributed by atoms with Crippen LogP contribution in [0.2, 0.25) is 0 Å². The molecule has 0 unspecified atom stereocenters. The molecule has 2 rings (SSSR count). The quantitative estimate of drug-likeness (QED) is 0.362. The van der Waals surface area contributed by atoms with Crippen LogP contribution in [0.25, 0.3) is 0 Å². The molecule has 0 spiro atoms. The number of hydrogen-bond donors (Lipinski definition) is 0. The molecule has 0 aromatic heterocycles. The van der Waals surface area contributed by atoms with E-state index in [4.69, 9.17) is 8.92 Å². The third-order valence-electron chi connectivity index (χ3n) is 3.54. The number of hydrogen-bond acceptors (Lipinski definition) is 5. The zero-order valence-electron chi connectivity index (χ0n) is 18.2. The van der Waals surface area contributed by atoms with Crippen LogP contribution in [0.15, 0.2) is 52.7 Å². The van der Waals surface area contributed by atoms with Crippen molar-refractivity contribution in [2.24, 2.45) is 10.2 Å². The van der Waals surface area contributed by atoms with Gasteiger partial charge in [-0.05, 0) is 95.5 Å². The molecule has 0 amide bonds. The SMILES string of the molecule is CC(C)c1cc(N=Nc2ccc(OSC(C)(C)C)cc2)ccc1OC(C)(C)C. The van der Waals surface area contributed by atoms with Gasteiger partial charge in [-0.2, -0.15) is 10.2 Å². The molecule has 0 radical (unpaired) electrons. The Kier molecular flexibility index (Phi) is 7.16. The van der Waals surface area contributed by atoms with Gasteiger partial charge in [0, 0.05) is 4.75 Å². The lowest BCUT2D eigenvalue weighted by Crippen LogP contribution is -2.23. The van der Waals surface area contributed by atoms with E-state index in [0.29, 0.717) is 5.92 Å². The fourth-order valence-corrected chi connectivity index (χ4v) is 2.79. The summed E-state index contributed by atoms with van der Waals surface area (Å²) in [7, 11) is 0. The van der Waals surface area contributed by atoms with Crippen molar-refractivity contribution < 1.29 is 8.92 Å². The molecule has 0 heterocycles. The van der Waals surface area contributed by atoms with Gasteiger partial charge < -0.3 is 8.92 Å². The number of ether oxygens (including phenoxy) is 1. The van der Waals surface area contributed by atoms with E-state index in [9.17, 15) is 0 Å². The Hall–Kier alpha value is -2.01. The molecule has 2 aromatic rings. The molecule has 0 atom stereocenters. The van der Waals surface area contributed by atoms with Gasteiger partial charge in [-0.3, -0.25) is 0 Å². The first-order chi connectivity index (χ1) is 12.9. The van der Waals surface area contributed by atoms with Crippen LogP contribution >= 0.6 is 12.0 Å². The average molecular weight is 401 g/mol. The highest BCUT2D eigenvalue weighted by Gasteiger charge is 2.17. The highest BCUT2D eigenvalue weighted by molar-refractivity contribution is 7.96. The standard InChI is InChI=1S/C23H32N2O2S/c1-16(2)20-15-18(11-14-21(20)26-22(3,4)5)25-24-17-9-12-19(13-10-17)27-28-23(6,7)8/h9-16H,1-8H3. The van der Waals surface area contributed by atoms with Crippen LogP contribution in [0.3, 0.4) is 0 Å². The smallest absolute Gasteiger partial charge is 0.137 e. The van der Waals surface area contributed by atoms with Gasteiger partial charge >= 0.3 is 0 Å². The zero-order chi connectivity index (χ0) is 20.9. The van der Waals surface area contributed by atoms with Gasteiger partial charge in [0.25, 0.3) is 0 Å². The summed E-state index contributed by atoms with van der Waals surface area (Å²) in [6.45, 7) is 16.8. The molecule has 28 heavy (non-hydrogen) atoms. The van der Waals surface area contributed by atoms with E-state index >= 15 is 0 Å². The van der Waals surface area contributed by atoms with Gasteiger partial charge in [-0.25, -0.2) is 0 Å². The van der Waals surface area contributed by atoms with Crippen LogP contribution in [-0.4, -0.2) is 10.3 Å². The summed E-state index contributed by atoms with van der Waals surface area (Å²) < 4.78 is 11.8. The van der Waals surface area contributed by atoms with E-state index < -0.39 is 0 Å². The first-order valence-corrected chi connectivity index (χ1v) is 10.4. The Labute approximate surface area is 174 Å². The maximum absolute atomic E-state index is 6.08. The molecule has 0 saturated carbocycles. The number of rotatable bonds is 6. The van der Waals surface area contributed by atoms with Crippen molar-refractivity contribution >= 4 is 23.4 Å². The van der Waals surface area contributed by atoms with Gasteiger partial charge in [-0.1, -0.05) is 13.8 Å². The molecule has 4 nitrogen and oxygen atoms in total. The Morgan fingerprint density at radius 2 is 1.39 bits per heavy atom. The van der Waals surface area contributed by atoms with Gasteiger partial charge in [-0.15, -0.1) is 0 Å². The van der Waals surface area contributed by atoms with E-state index in [-0.39, 0.29) is 10.3 Å². The van der Waals surface area contributed by atoms with E-state index in [1.165, 1.54) is 12.0 Å². The predicted octanol–water partition coefficient (Wildman–Crippen LogP) is 8.23. The maximum atomic E-state index is 6.08. The second-order valence-electron chi connectivity index (χ2n) is 9.06. The second-order valence-corrected chi connectivity index (χ2v) is 10.6. The van der Waals surface area contributed by atoms with Crippen LogP contribution in [0.5, 0.6) is 11.5 Å². The van der Waals surface area contributed by atoms with Crippen molar-refractivity contribution in [3.8, 4) is 11.5 Å². The Bertz CT molecular complexity index is 801. The minimum Gasteiger partial charge on any atom is -0.488 e. The van der Waals surface area contributed by atoms with Crippen molar-refractivity contribution in [3.05, 3.63) is 48.0 Å². The lowest BCUT2D eigenvalue weighted by atomic mass is 10.0. The number of nitrogens with zero attached hydrogens (tertiary/aromatic N) is 2. The molecule has 152 valence electrons. The summed E-state index contributed by atoms with van der Waals surface area (Å²) in [5.41, 5.74) is 2.50. The van der Waals surface area contributed by atoms with Gasteiger partial charge in [0.1, 0.15) is 17.1 Å². The molecule has 0 N–H and O–H groups in total. The maximum Gasteiger partial charge on any atom is 0.137 e. The Morgan fingerprint density at radius 1 is 0.821 bits per heavy atom. The molecule has 0 saturated heterocycles. The summed E-state index contributed by atoms with van der Waals surface area (Å²) in [5, 5.41) is 8.75. The molecule has 5 heteroatoms. The second kappa shape index (κ2) is 8.99. The summed E-state index contributed by atoms with van der Waals surface area (Å²) in [6.07, 6.45) is 0. The van der Waals surface area contributed by atoms with Crippen molar-refractivity contribution in [2.45, 2.75) is 71.7 Å². The van der Waals surface area contributed by atoms with Gasteiger partial charge in [0.15, 0.2) is 0 Å². The molecule has 0 aliphatic heterocycles. The van der Waals surface area contributed by atoms with Crippen molar-refractivity contribution in [2.75, 3.05) is 0 Å². The van der Waals surface area contributed by atoms with Crippen LogP contribution in [0.4, 0.5) is 11.4 Å². The van der Waals surface area contributed by atoms with E-state index in [1.807, 2.05) is 42.5 Å². The summed E-state index contributed by atoms with van der Waals surface area (Å²) in [6, 6.07) is 13.6. The Morgan fingerprint density at radius 3 is 1.93 bits per heavy atom. The summed E-state index contributed by atoms with van der Waals surface area (Å²) >= 11 is 1.45. The zero-order valence-corrected chi connectivity index (χ0v) is 19.1. The minimum atomic E-state index is -0.234. The molecule has 0 bridgehead atoms. The largest absolute Gasteiger partial charge is 0.488 e. The third-order valence-corrected chi connectivity index (χ3v) is 4.31. The topological polar surface area (TPSA) is 43.2 Å². The van der Waals surface area contributed by atoms with Crippen molar-refractivity contribution in [1.29, 1.82) is 0 Å². The molecule has 0 fully saturated rings. The monoisotopic (exact) mass is 400 g/mol. The predicted molar refractivity (Wildman–Crippen MR) is 120 cm³/mol. The Balaban J connectivity index is 2.12. The van der Waals surface area contributed by atoms with Crippen molar-refractivity contribution in [3.63, 3.8) is 0 Å². The lowest BCUT2D eigenvalue weighted by molar-refractivity contribution is 0.129. The lowest BCUT2D eigenvalue weighted by Gasteiger charge is -2.24. The van der Waals surface area contributed by atoms with Crippen LogP contribution < -0.4 is 8.92 Å². The molecule has 0 aliphatic carbocycles.